The predicted octanol–water partition coefficient (Wildman–Crippen LogP) is 4.48. The van der Waals surface area contributed by atoms with Crippen LogP contribution in [0.2, 0.25) is 0 Å². The lowest BCUT2D eigenvalue weighted by atomic mass is 10.2. The van der Waals surface area contributed by atoms with E-state index in [0.717, 1.165) is 62.7 Å². The van der Waals surface area contributed by atoms with E-state index < -0.39 is 0 Å². The van der Waals surface area contributed by atoms with Crippen molar-refractivity contribution in [1.29, 1.82) is 0 Å². The monoisotopic (exact) mass is 550 g/mol. The summed E-state index contributed by atoms with van der Waals surface area (Å²) in [7, 11) is 0. The van der Waals surface area contributed by atoms with Gasteiger partial charge in [-0.25, -0.2) is 4.99 Å². The van der Waals surface area contributed by atoms with E-state index >= 15 is 0 Å². The Hall–Kier alpha value is -2.13. The molecule has 1 aliphatic heterocycles. The van der Waals surface area contributed by atoms with Crippen molar-refractivity contribution in [3.05, 3.63) is 65.7 Å². The first-order chi connectivity index (χ1) is 15.3. The Bertz CT molecular complexity index is 828. The van der Waals surface area contributed by atoms with Crippen LogP contribution in [0.3, 0.4) is 0 Å². The van der Waals surface area contributed by atoms with Crippen LogP contribution in [0.15, 0.2) is 59.6 Å². The number of ether oxygens (including phenoxy) is 1. The summed E-state index contributed by atoms with van der Waals surface area (Å²) >= 11 is 0. The normalized spacial score (nSPS) is 13.7. The molecule has 7 heteroatoms. The van der Waals surface area contributed by atoms with Crippen LogP contribution in [0.1, 0.15) is 43.7 Å². The van der Waals surface area contributed by atoms with Crippen molar-refractivity contribution in [2.75, 3.05) is 31.1 Å². The first-order valence-electron chi connectivity index (χ1n) is 11.3. The molecule has 2 aromatic rings. The Morgan fingerprint density at radius 2 is 1.81 bits per heavy atom. The highest BCUT2D eigenvalue weighted by Crippen LogP contribution is 2.21. The van der Waals surface area contributed by atoms with Gasteiger partial charge in [-0.05, 0) is 49.4 Å². The Labute approximate surface area is 208 Å². The van der Waals surface area contributed by atoms with Crippen LogP contribution in [0, 0.1) is 0 Å². The van der Waals surface area contributed by atoms with E-state index in [1.54, 1.807) is 0 Å². The highest BCUT2D eigenvalue weighted by atomic mass is 127. The molecule has 1 saturated heterocycles. The van der Waals surface area contributed by atoms with Crippen LogP contribution in [-0.2, 0) is 22.7 Å². The van der Waals surface area contributed by atoms with Gasteiger partial charge in [0.2, 0.25) is 5.91 Å². The molecule has 0 atom stereocenters. The number of hydrogen-bond acceptors (Lipinski definition) is 3. The third kappa shape index (κ3) is 8.78. The summed E-state index contributed by atoms with van der Waals surface area (Å²) in [4.78, 5) is 18.4. The Morgan fingerprint density at radius 1 is 1.03 bits per heavy atom. The number of rotatable bonds is 11. The number of carbonyl (C=O) groups is 1. The number of amides is 1. The predicted molar refractivity (Wildman–Crippen MR) is 142 cm³/mol. The number of unbranched alkanes of at least 4 members (excludes halogenated alkanes) is 1. The van der Waals surface area contributed by atoms with Crippen molar-refractivity contribution in [2.45, 2.75) is 45.8 Å². The molecular weight excluding hydrogens is 515 g/mol. The minimum Gasteiger partial charge on any atom is -0.377 e. The standard InChI is InChI=1S/C25H34N4O2.HI/c1-2-26-25(27-16-6-7-18-31-20-22-9-4-3-5-10-22)28-19-21-12-14-23(15-13-21)29-17-8-11-24(29)30;/h3-5,9-10,12-15H,2,6-8,11,16-20H2,1H3,(H2,26,27,28);1H. The molecule has 0 saturated carbocycles. The van der Waals surface area contributed by atoms with Crippen LogP contribution in [0.5, 0.6) is 0 Å². The average molecular weight is 550 g/mol. The van der Waals surface area contributed by atoms with E-state index in [4.69, 9.17) is 4.74 Å². The zero-order chi connectivity index (χ0) is 21.7. The molecule has 1 aliphatic rings. The average Bonchev–Trinajstić information content (AvgIpc) is 3.23. The minimum absolute atomic E-state index is 0. The lowest BCUT2D eigenvalue weighted by Crippen LogP contribution is -2.37. The molecule has 1 heterocycles. The van der Waals surface area contributed by atoms with E-state index in [2.05, 4.69) is 46.8 Å². The highest BCUT2D eigenvalue weighted by Gasteiger charge is 2.21. The fourth-order valence-corrected chi connectivity index (χ4v) is 3.51. The van der Waals surface area contributed by atoms with Gasteiger partial charge < -0.3 is 20.3 Å². The molecule has 0 unspecified atom stereocenters. The molecule has 0 aliphatic carbocycles. The second-order valence-electron chi connectivity index (χ2n) is 7.68. The summed E-state index contributed by atoms with van der Waals surface area (Å²) in [6.45, 7) is 6.60. The quantitative estimate of drug-likeness (QED) is 0.188. The number of carbonyl (C=O) groups excluding carboxylic acids is 1. The van der Waals surface area contributed by atoms with Crippen LogP contribution < -0.4 is 15.5 Å². The molecule has 0 spiro atoms. The van der Waals surface area contributed by atoms with E-state index in [1.807, 2.05) is 35.2 Å². The maximum atomic E-state index is 11.9. The zero-order valence-electron chi connectivity index (χ0n) is 18.9. The molecule has 2 aromatic carbocycles. The van der Waals surface area contributed by atoms with Gasteiger partial charge in [0.1, 0.15) is 0 Å². The molecule has 174 valence electrons. The summed E-state index contributed by atoms with van der Waals surface area (Å²) in [5.74, 6) is 1.04. The number of nitrogens with one attached hydrogen (secondary N) is 2. The third-order valence-electron chi connectivity index (χ3n) is 5.20. The maximum Gasteiger partial charge on any atom is 0.227 e. The van der Waals surface area contributed by atoms with Gasteiger partial charge in [0.05, 0.1) is 13.2 Å². The lowest BCUT2D eigenvalue weighted by Gasteiger charge is -2.16. The van der Waals surface area contributed by atoms with Crippen molar-refractivity contribution >= 4 is 41.5 Å². The smallest absolute Gasteiger partial charge is 0.227 e. The summed E-state index contributed by atoms with van der Waals surface area (Å²) in [6, 6.07) is 18.4. The second kappa shape index (κ2) is 14.8. The first kappa shape index (κ1) is 26.1. The van der Waals surface area contributed by atoms with E-state index in [1.165, 1.54) is 5.56 Å². The fraction of sp³-hybridized carbons (Fsp3) is 0.440. The minimum atomic E-state index is 0. The number of nitrogens with zero attached hydrogens (tertiary/aromatic N) is 2. The van der Waals surface area contributed by atoms with Gasteiger partial charge in [-0.15, -0.1) is 24.0 Å². The van der Waals surface area contributed by atoms with Gasteiger partial charge in [-0.3, -0.25) is 4.79 Å². The number of hydrogen-bond donors (Lipinski definition) is 2. The van der Waals surface area contributed by atoms with Crippen LogP contribution >= 0.6 is 24.0 Å². The molecule has 0 radical (unpaired) electrons. The summed E-state index contributed by atoms with van der Waals surface area (Å²) < 4.78 is 5.73. The largest absolute Gasteiger partial charge is 0.377 e. The number of guanidine groups is 1. The Morgan fingerprint density at radius 3 is 2.50 bits per heavy atom. The number of anilines is 1. The number of aliphatic imine (C=N–C) groups is 1. The molecule has 1 amide bonds. The van der Waals surface area contributed by atoms with Gasteiger partial charge in [-0.1, -0.05) is 42.5 Å². The molecule has 3 rings (SSSR count). The Balaban J connectivity index is 0.00000363. The molecule has 0 bridgehead atoms. The molecule has 1 fully saturated rings. The highest BCUT2D eigenvalue weighted by molar-refractivity contribution is 14.0. The molecular formula is C25H35IN4O2. The van der Waals surface area contributed by atoms with Crippen LogP contribution in [-0.4, -0.2) is 38.1 Å². The SMILES string of the molecule is CCNC(=NCc1ccc(N2CCCC2=O)cc1)NCCCCOCc1ccccc1.I. The van der Waals surface area contributed by atoms with Gasteiger partial charge in [0.15, 0.2) is 5.96 Å². The van der Waals surface area contributed by atoms with Gasteiger partial charge >= 0.3 is 0 Å². The third-order valence-corrected chi connectivity index (χ3v) is 5.20. The summed E-state index contributed by atoms with van der Waals surface area (Å²) in [6.07, 6.45) is 3.64. The van der Waals surface area contributed by atoms with E-state index in [-0.39, 0.29) is 29.9 Å². The summed E-state index contributed by atoms with van der Waals surface area (Å²) in [5, 5.41) is 6.69. The summed E-state index contributed by atoms with van der Waals surface area (Å²) in [5.41, 5.74) is 3.32. The number of benzene rings is 2. The lowest BCUT2D eigenvalue weighted by molar-refractivity contribution is -0.117. The maximum absolute atomic E-state index is 11.9. The van der Waals surface area contributed by atoms with Gasteiger partial charge in [0.25, 0.3) is 0 Å². The molecule has 0 aromatic heterocycles. The van der Waals surface area contributed by atoms with Crippen LogP contribution in [0.25, 0.3) is 0 Å². The second-order valence-corrected chi connectivity index (χ2v) is 7.68. The topological polar surface area (TPSA) is 66.0 Å². The first-order valence-corrected chi connectivity index (χ1v) is 11.3. The van der Waals surface area contributed by atoms with Crippen molar-refractivity contribution in [2.24, 2.45) is 4.99 Å². The van der Waals surface area contributed by atoms with Crippen molar-refractivity contribution in [3.63, 3.8) is 0 Å². The van der Waals surface area contributed by atoms with Crippen molar-refractivity contribution in [3.8, 4) is 0 Å². The van der Waals surface area contributed by atoms with Crippen molar-refractivity contribution in [1.82, 2.24) is 10.6 Å². The molecule has 2 N–H and O–H groups in total. The van der Waals surface area contributed by atoms with Gasteiger partial charge in [0, 0.05) is 38.3 Å². The molecule has 32 heavy (non-hydrogen) atoms. The van der Waals surface area contributed by atoms with E-state index in [9.17, 15) is 4.79 Å². The van der Waals surface area contributed by atoms with Crippen molar-refractivity contribution < 1.29 is 9.53 Å². The molecule has 6 nitrogen and oxygen atoms in total. The fourth-order valence-electron chi connectivity index (χ4n) is 3.51. The van der Waals surface area contributed by atoms with E-state index in [0.29, 0.717) is 19.6 Å². The van der Waals surface area contributed by atoms with Gasteiger partial charge in [-0.2, -0.15) is 0 Å². The zero-order valence-corrected chi connectivity index (χ0v) is 21.2. The van der Waals surface area contributed by atoms with Crippen LogP contribution in [0.4, 0.5) is 5.69 Å². The Kier molecular flexibility index (Phi) is 12.1. The number of halogens is 1.